The van der Waals surface area contributed by atoms with Crippen molar-refractivity contribution in [2.24, 2.45) is 0 Å². The third-order valence-electron chi connectivity index (χ3n) is 4.53. The van der Waals surface area contributed by atoms with E-state index in [-0.39, 0.29) is 23.3 Å². The highest BCUT2D eigenvalue weighted by Crippen LogP contribution is 2.25. The van der Waals surface area contributed by atoms with Crippen molar-refractivity contribution in [3.63, 3.8) is 0 Å². The van der Waals surface area contributed by atoms with Gasteiger partial charge >= 0.3 is 6.61 Å². The maximum absolute atomic E-state index is 12.8. The summed E-state index contributed by atoms with van der Waals surface area (Å²) in [5, 5.41) is 0. The van der Waals surface area contributed by atoms with Crippen LogP contribution in [-0.2, 0) is 6.54 Å². The SMILES string of the molecule is CN(Cc1nccc(N)n1)[C@H]1CCN(C(=O)c2ccccc2OC(F)F)C1. The monoisotopic (exact) mass is 377 g/mol. The van der Waals surface area contributed by atoms with E-state index in [1.165, 1.54) is 12.1 Å². The molecule has 3 rings (SSSR count). The number of likely N-dealkylation sites (tertiary alicyclic amines) is 1. The first-order valence-electron chi connectivity index (χ1n) is 8.55. The van der Waals surface area contributed by atoms with Crippen molar-refractivity contribution in [1.29, 1.82) is 0 Å². The molecule has 1 saturated heterocycles. The Morgan fingerprint density at radius 3 is 2.93 bits per heavy atom. The lowest BCUT2D eigenvalue weighted by Gasteiger charge is -2.24. The summed E-state index contributed by atoms with van der Waals surface area (Å²) in [5.74, 6) is 0.593. The predicted octanol–water partition coefficient (Wildman–Crippen LogP) is 2.01. The van der Waals surface area contributed by atoms with Crippen LogP contribution in [0.25, 0.3) is 0 Å². The molecule has 1 aromatic heterocycles. The number of likely N-dealkylation sites (N-methyl/N-ethyl adjacent to an activating group) is 1. The molecule has 1 aliphatic rings. The molecule has 7 nitrogen and oxygen atoms in total. The molecular formula is C18H21F2N5O2. The average molecular weight is 377 g/mol. The van der Waals surface area contributed by atoms with Crippen molar-refractivity contribution in [3.05, 3.63) is 47.9 Å². The summed E-state index contributed by atoms with van der Waals surface area (Å²) in [4.78, 5) is 24.8. The number of para-hydroxylation sites is 1. The number of carbonyl (C=O) groups is 1. The number of hydrogen-bond acceptors (Lipinski definition) is 6. The number of nitrogens with zero attached hydrogens (tertiary/aromatic N) is 4. The first kappa shape index (κ1) is 19.0. The summed E-state index contributed by atoms with van der Waals surface area (Å²) in [7, 11) is 1.93. The Labute approximate surface area is 155 Å². The van der Waals surface area contributed by atoms with Crippen molar-refractivity contribution in [1.82, 2.24) is 19.8 Å². The fourth-order valence-electron chi connectivity index (χ4n) is 3.14. The van der Waals surface area contributed by atoms with Crippen LogP contribution < -0.4 is 10.5 Å². The second kappa shape index (κ2) is 8.26. The van der Waals surface area contributed by atoms with Crippen LogP contribution in [0.3, 0.4) is 0 Å². The molecule has 1 fully saturated rings. The van der Waals surface area contributed by atoms with E-state index in [4.69, 9.17) is 5.73 Å². The minimum Gasteiger partial charge on any atom is -0.434 e. The highest BCUT2D eigenvalue weighted by atomic mass is 19.3. The topological polar surface area (TPSA) is 84.6 Å². The highest BCUT2D eigenvalue weighted by molar-refractivity contribution is 5.97. The Balaban J connectivity index is 1.64. The number of amides is 1. The van der Waals surface area contributed by atoms with Crippen LogP contribution in [0.4, 0.5) is 14.6 Å². The van der Waals surface area contributed by atoms with E-state index in [0.29, 0.717) is 31.3 Å². The molecule has 1 aromatic carbocycles. The van der Waals surface area contributed by atoms with Crippen molar-refractivity contribution < 1.29 is 18.3 Å². The summed E-state index contributed by atoms with van der Waals surface area (Å²) >= 11 is 0. The smallest absolute Gasteiger partial charge is 0.387 e. The normalized spacial score (nSPS) is 16.9. The van der Waals surface area contributed by atoms with E-state index in [1.807, 2.05) is 7.05 Å². The molecule has 27 heavy (non-hydrogen) atoms. The molecule has 0 saturated carbocycles. The number of halogens is 2. The molecule has 1 aliphatic heterocycles. The molecule has 1 atom stereocenters. The molecule has 144 valence electrons. The average Bonchev–Trinajstić information content (AvgIpc) is 3.11. The Bertz CT molecular complexity index is 805. The highest BCUT2D eigenvalue weighted by Gasteiger charge is 2.31. The molecule has 2 N–H and O–H groups in total. The van der Waals surface area contributed by atoms with Crippen molar-refractivity contribution in [3.8, 4) is 5.75 Å². The summed E-state index contributed by atoms with van der Waals surface area (Å²) in [5.41, 5.74) is 5.81. The Morgan fingerprint density at radius 2 is 2.19 bits per heavy atom. The van der Waals surface area contributed by atoms with Gasteiger partial charge in [-0.1, -0.05) is 12.1 Å². The van der Waals surface area contributed by atoms with Crippen LogP contribution in [0, 0.1) is 0 Å². The van der Waals surface area contributed by atoms with Gasteiger partial charge in [-0.3, -0.25) is 9.69 Å². The number of alkyl halides is 2. The number of rotatable bonds is 6. The number of hydrogen-bond donors (Lipinski definition) is 1. The summed E-state index contributed by atoms with van der Waals surface area (Å²) in [6.07, 6.45) is 2.37. The first-order valence-corrected chi connectivity index (χ1v) is 8.55. The third kappa shape index (κ3) is 4.68. The van der Waals surface area contributed by atoms with Crippen LogP contribution in [0.5, 0.6) is 5.75 Å². The summed E-state index contributed by atoms with van der Waals surface area (Å²) in [6.45, 7) is -1.45. The van der Waals surface area contributed by atoms with Crippen LogP contribution >= 0.6 is 0 Å². The first-order chi connectivity index (χ1) is 12.9. The fraction of sp³-hybridized carbons (Fsp3) is 0.389. The van der Waals surface area contributed by atoms with Gasteiger partial charge in [0.05, 0.1) is 12.1 Å². The molecule has 0 radical (unpaired) electrons. The second-order valence-electron chi connectivity index (χ2n) is 6.38. The van der Waals surface area contributed by atoms with Crippen LogP contribution in [0.1, 0.15) is 22.6 Å². The van der Waals surface area contributed by atoms with Gasteiger partial charge in [0.15, 0.2) is 0 Å². The molecular weight excluding hydrogens is 356 g/mol. The van der Waals surface area contributed by atoms with Gasteiger partial charge in [0.2, 0.25) is 0 Å². The Morgan fingerprint density at radius 1 is 1.41 bits per heavy atom. The largest absolute Gasteiger partial charge is 0.434 e. The zero-order chi connectivity index (χ0) is 19.4. The standard InChI is InChI=1S/C18H21F2N5O2/c1-24(11-16-22-8-6-15(21)23-16)12-7-9-25(10-12)17(26)13-4-2-3-5-14(13)27-18(19)20/h2-6,8,12,18H,7,9-11H2,1H3,(H2,21,22,23)/t12-/m0/s1. The van der Waals surface area contributed by atoms with Gasteiger partial charge in [-0.15, -0.1) is 0 Å². The zero-order valence-electron chi connectivity index (χ0n) is 14.9. The molecule has 2 heterocycles. The minimum atomic E-state index is -2.98. The molecule has 0 aliphatic carbocycles. The van der Waals surface area contributed by atoms with Crippen LogP contribution in [0.2, 0.25) is 0 Å². The number of ether oxygens (including phenoxy) is 1. The number of carbonyl (C=O) groups excluding carboxylic acids is 1. The number of nitrogen functional groups attached to an aromatic ring is 1. The molecule has 2 aromatic rings. The second-order valence-corrected chi connectivity index (χ2v) is 6.38. The van der Waals surface area contributed by atoms with Gasteiger partial charge in [-0.25, -0.2) is 9.97 Å². The van der Waals surface area contributed by atoms with E-state index < -0.39 is 6.61 Å². The van der Waals surface area contributed by atoms with Crippen LogP contribution in [0.15, 0.2) is 36.5 Å². The Hall–Kier alpha value is -2.81. The third-order valence-corrected chi connectivity index (χ3v) is 4.53. The molecule has 0 bridgehead atoms. The summed E-state index contributed by atoms with van der Waals surface area (Å²) in [6, 6.07) is 7.79. The maximum Gasteiger partial charge on any atom is 0.387 e. The number of anilines is 1. The number of aromatic nitrogens is 2. The van der Waals surface area contributed by atoms with Gasteiger partial charge in [0, 0.05) is 25.3 Å². The summed E-state index contributed by atoms with van der Waals surface area (Å²) < 4.78 is 29.6. The van der Waals surface area contributed by atoms with E-state index >= 15 is 0 Å². The quantitative estimate of drug-likeness (QED) is 0.829. The van der Waals surface area contributed by atoms with Crippen LogP contribution in [-0.4, -0.2) is 58.5 Å². The Kier molecular flexibility index (Phi) is 5.80. The minimum absolute atomic E-state index is 0.109. The van der Waals surface area contributed by atoms with Gasteiger partial charge in [-0.05, 0) is 31.7 Å². The van der Waals surface area contributed by atoms with Crippen molar-refractivity contribution in [2.75, 3.05) is 25.9 Å². The van der Waals surface area contributed by atoms with E-state index in [2.05, 4.69) is 19.6 Å². The van der Waals surface area contributed by atoms with E-state index in [1.54, 1.807) is 29.3 Å². The number of nitrogens with two attached hydrogens (primary N) is 1. The van der Waals surface area contributed by atoms with Gasteiger partial charge in [-0.2, -0.15) is 8.78 Å². The molecule has 9 heteroatoms. The van der Waals surface area contributed by atoms with Crippen molar-refractivity contribution in [2.45, 2.75) is 25.6 Å². The van der Waals surface area contributed by atoms with Gasteiger partial charge in [0.25, 0.3) is 5.91 Å². The molecule has 1 amide bonds. The van der Waals surface area contributed by atoms with Gasteiger partial charge < -0.3 is 15.4 Å². The molecule has 0 spiro atoms. The predicted molar refractivity (Wildman–Crippen MR) is 95.3 cm³/mol. The van der Waals surface area contributed by atoms with Gasteiger partial charge in [0.1, 0.15) is 17.4 Å². The lowest BCUT2D eigenvalue weighted by Crippen LogP contribution is -2.36. The maximum atomic E-state index is 12.8. The fourth-order valence-corrected chi connectivity index (χ4v) is 3.14. The van der Waals surface area contributed by atoms with Crippen molar-refractivity contribution >= 4 is 11.7 Å². The lowest BCUT2D eigenvalue weighted by atomic mass is 10.2. The van der Waals surface area contributed by atoms with E-state index in [9.17, 15) is 13.6 Å². The zero-order valence-corrected chi connectivity index (χ0v) is 14.9. The molecule has 0 unspecified atom stereocenters. The van der Waals surface area contributed by atoms with E-state index in [0.717, 1.165) is 6.42 Å². The number of benzene rings is 1. The lowest BCUT2D eigenvalue weighted by molar-refractivity contribution is -0.0502.